The lowest BCUT2D eigenvalue weighted by molar-refractivity contribution is 0.122. The zero-order valence-electron chi connectivity index (χ0n) is 23.2. The van der Waals surface area contributed by atoms with Crippen molar-refractivity contribution in [2.45, 2.75) is 26.3 Å². The van der Waals surface area contributed by atoms with E-state index in [0.29, 0.717) is 24.9 Å². The molecule has 1 unspecified atom stereocenters. The zero-order chi connectivity index (χ0) is 27.6. The van der Waals surface area contributed by atoms with Gasteiger partial charge >= 0.3 is 0 Å². The second-order valence-electron chi connectivity index (χ2n) is 10.4. The van der Waals surface area contributed by atoms with Gasteiger partial charge in [0.25, 0.3) is 0 Å². The van der Waals surface area contributed by atoms with Crippen molar-refractivity contribution >= 4 is 39.1 Å². The number of nitrogens with zero attached hydrogens (tertiary/aromatic N) is 9. The fourth-order valence-electron chi connectivity index (χ4n) is 5.64. The minimum absolute atomic E-state index is 0.336. The van der Waals surface area contributed by atoms with Gasteiger partial charge in [0.1, 0.15) is 11.6 Å². The van der Waals surface area contributed by atoms with Gasteiger partial charge in [0.2, 0.25) is 5.95 Å². The molecule has 0 saturated carbocycles. The van der Waals surface area contributed by atoms with Gasteiger partial charge in [0, 0.05) is 52.7 Å². The molecule has 5 heterocycles. The summed E-state index contributed by atoms with van der Waals surface area (Å²) >= 11 is -1.71. The number of aryl methyl sites for hydroxylation is 2. The minimum atomic E-state index is -1.71. The first-order valence-electron chi connectivity index (χ1n) is 14.1. The normalized spacial score (nSPS) is 18.2. The Morgan fingerprint density at radius 2 is 1.70 bits per heavy atom. The molecule has 2 aliphatic heterocycles. The molecule has 1 atom stereocenters. The van der Waals surface area contributed by atoms with Crippen LogP contribution < -0.4 is 4.90 Å². The van der Waals surface area contributed by atoms with Crippen LogP contribution in [0.15, 0.2) is 24.3 Å². The number of anilines is 1. The maximum atomic E-state index is 11.0. The number of fused-ring (bicyclic) bond motifs is 2. The highest BCUT2D eigenvalue weighted by molar-refractivity contribution is 7.79. The van der Waals surface area contributed by atoms with Gasteiger partial charge in [0.15, 0.2) is 28.1 Å². The molecule has 0 amide bonds. The summed E-state index contributed by atoms with van der Waals surface area (Å²) in [6, 6.07) is 8.13. The van der Waals surface area contributed by atoms with Crippen LogP contribution in [0.1, 0.15) is 25.0 Å². The van der Waals surface area contributed by atoms with E-state index in [1.165, 1.54) is 0 Å². The number of imidazole rings is 2. The lowest BCUT2D eigenvalue weighted by atomic mass is 10.3. The summed E-state index contributed by atoms with van der Waals surface area (Å²) in [5.41, 5.74) is 3.57. The number of hydrogen-bond acceptors (Lipinski definition) is 9. The van der Waals surface area contributed by atoms with E-state index in [0.717, 1.165) is 105 Å². The molecule has 0 aliphatic carbocycles. The second kappa shape index (κ2) is 11.9. The summed E-state index contributed by atoms with van der Waals surface area (Å²) in [7, 11) is 2.04. The number of piperazine rings is 1. The van der Waals surface area contributed by atoms with Gasteiger partial charge in [-0.3, -0.25) is 9.47 Å². The molecular formula is C27H37N9O3S. The van der Waals surface area contributed by atoms with E-state index in [2.05, 4.69) is 36.8 Å². The molecule has 1 N–H and O–H groups in total. The van der Waals surface area contributed by atoms with Crippen molar-refractivity contribution < 1.29 is 13.5 Å². The second-order valence-corrected chi connectivity index (χ2v) is 11.5. The van der Waals surface area contributed by atoms with E-state index in [1.807, 2.05) is 25.2 Å². The molecule has 214 valence electrons. The predicted molar refractivity (Wildman–Crippen MR) is 155 cm³/mol. The average molecular weight is 568 g/mol. The summed E-state index contributed by atoms with van der Waals surface area (Å²) in [4.78, 5) is 27.2. The molecule has 40 heavy (non-hydrogen) atoms. The van der Waals surface area contributed by atoms with Crippen LogP contribution >= 0.6 is 0 Å². The van der Waals surface area contributed by atoms with Crippen molar-refractivity contribution in [1.29, 1.82) is 0 Å². The van der Waals surface area contributed by atoms with Crippen LogP contribution in [0.2, 0.25) is 0 Å². The molecule has 2 fully saturated rings. The Kier molecular flexibility index (Phi) is 8.08. The smallest absolute Gasteiger partial charge is 0.239 e. The molecule has 12 nitrogen and oxygen atoms in total. The van der Waals surface area contributed by atoms with Crippen LogP contribution in [-0.2, 0) is 35.8 Å². The minimum Gasteiger partial charge on any atom is -0.378 e. The van der Waals surface area contributed by atoms with Crippen molar-refractivity contribution in [2.75, 3.05) is 69.7 Å². The van der Waals surface area contributed by atoms with Gasteiger partial charge in [-0.25, -0.2) is 14.2 Å². The summed E-state index contributed by atoms with van der Waals surface area (Å²) < 4.78 is 29.8. The summed E-state index contributed by atoms with van der Waals surface area (Å²) in [6.45, 7) is 10.3. The fourth-order valence-corrected chi connectivity index (χ4v) is 6.01. The SMILES string of the molecule is CCc1nc2ccccc2n1-c1nc(N2CCOCC2)c2nc(CN3CCN(CCCS(=O)O)CC3)n(C)c2n1. The molecule has 4 aromatic rings. The van der Waals surface area contributed by atoms with Crippen LogP contribution in [0.5, 0.6) is 0 Å². The van der Waals surface area contributed by atoms with E-state index in [1.54, 1.807) is 0 Å². The summed E-state index contributed by atoms with van der Waals surface area (Å²) in [5.74, 6) is 3.69. The van der Waals surface area contributed by atoms with Crippen LogP contribution in [0, 0.1) is 0 Å². The van der Waals surface area contributed by atoms with Gasteiger partial charge in [-0.15, -0.1) is 0 Å². The van der Waals surface area contributed by atoms with Gasteiger partial charge in [-0.2, -0.15) is 9.97 Å². The summed E-state index contributed by atoms with van der Waals surface area (Å²) in [6.07, 6.45) is 1.51. The van der Waals surface area contributed by atoms with Gasteiger partial charge in [-0.05, 0) is 25.1 Å². The van der Waals surface area contributed by atoms with E-state index in [4.69, 9.17) is 29.2 Å². The maximum absolute atomic E-state index is 11.0. The third-order valence-corrected chi connectivity index (χ3v) is 8.50. The zero-order valence-corrected chi connectivity index (χ0v) is 24.0. The Labute approximate surface area is 236 Å². The molecule has 0 radical (unpaired) electrons. The van der Waals surface area contributed by atoms with Gasteiger partial charge < -0.3 is 23.7 Å². The lowest BCUT2D eigenvalue weighted by Crippen LogP contribution is -2.46. The molecule has 2 aliphatic rings. The summed E-state index contributed by atoms with van der Waals surface area (Å²) in [5, 5.41) is 0. The first-order valence-corrected chi connectivity index (χ1v) is 15.3. The van der Waals surface area contributed by atoms with E-state index in [9.17, 15) is 4.21 Å². The molecule has 0 spiro atoms. The Balaban J connectivity index is 1.32. The Morgan fingerprint density at radius 3 is 2.45 bits per heavy atom. The number of hydrogen-bond donors (Lipinski definition) is 1. The van der Waals surface area contributed by atoms with E-state index >= 15 is 0 Å². The third kappa shape index (κ3) is 5.48. The van der Waals surface area contributed by atoms with Crippen LogP contribution in [0.25, 0.3) is 28.1 Å². The number of para-hydroxylation sites is 2. The number of benzene rings is 1. The van der Waals surface area contributed by atoms with E-state index in [-0.39, 0.29) is 0 Å². The van der Waals surface area contributed by atoms with Crippen molar-refractivity contribution in [2.24, 2.45) is 7.05 Å². The van der Waals surface area contributed by atoms with Gasteiger partial charge in [-0.1, -0.05) is 19.1 Å². The van der Waals surface area contributed by atoms with Crippen LogP contribution in [0.3, 0.4) is 0 Å². The first-order chi connectivity index (χ1) is 19.5. The molecule has 3 aromatic heterocycles. The molecular weight excluding hydrogens is 530 g/mol. The Hall–Kier alpha value is -2.97. The topological polar surface area (TPSA) is 118 Å². The molecule has 2 saturated heterocycles. The molecule has 1 aromatic carbocycles. The number of ether oxygens (including phenoxy) is 1. The van der Waals surface area contributed by atoms with E-state index < -0.39 is 11.1 Å². The molecule has 0 bridgehead atoms. The Bertz CT molecular complexity index is 1510. The van der Waals surface area contributed by atoms with Crippen molar-refractivity contribution in [3.63, 3.8) is 0 Å². The molecule has 6 rings (SSSR count). The van der Waals surface area contributed by atoms with Gasteiger partial charge in [0.05, 0.1) is 36.5 Å². The number of rotatable bonds is 9. The third-order valence-electron chi connectivity index (χ3n) is 7.86. The standard InChI is InChI=1S/C27H37N9O3S/c1-3-22-28-20-7-4-5-8-21(20)36(22)27-30-25-24(26(31-27)35-14-16-39-17-15-35)29-23(32(25)2)19-34-12-10-33(11-13-34)9-6-18-40(37)38/h4-5,7-8H,3,6,9-19H2,1-2H3,(H,37,38). The van der Waals surface area contributed by atoms with Crippen molar-refractivity contribution in [3.8, 4) is 5.95 Å². The Morgan fingerprint density at radius 1 is 0.950 bits per heavy atom. The lowest BCUT2D eigenvalue weighted by Gasteiger charge is -2.34. The highest BCUT2D eigenvalue weighted by atomic mass is 32.2. The monoisotopic (exact) mass is 567 g/mol. The van der Waals surface area contributed by atoms with Crippen LogP contribution in [-0.4, -0.2) is 112 Å². The highest BCUT2D eigenvalue weighted by Crippen LogP contribution is 2.28. The maximum Gasteiger partial charge on any atom is 0.239 e. The first kappa shape index (κ1) is 27.2. The van der Waals surface area contributed by atoms with Crippen LogP contribution in [0.4, 0.5) is 5.82 Å². The average Bonchev–Trinajstić information content (AvgIpc) is 3.51. The number of morpholine rings is 1. The number of aromatic nitrogens is 6. The fraction of sp³-hybridized carbons (Fsp3) is 0.556. The quantitative estimate of drug-likeness (QED) is 0.300. The van der Waals surface area contributed by atoms with Crippen molar-refractivity contribution in [3.05, 3.63) is 35.9 Å². The largest absolute Gasteiger partial charge is 0.378 e. The predicted octanol–water partition coefficient (Wildman–Crippen LogP) is 1.83. The van der Waals surface area contributed by atoms with Crippen molar-refractivity contribution in [1.82, 2.24) is 38.9 Å². The highest BCUT2D eigenvalue weighted by Gasteiger charge is 2.25. The molecule has 13 heteroatoms.